The van der Waals surface area contributed by atoms with Gasteiger partial charge in [-0.3, -0.25) is 9.59 Å². The first kappa shape index (κ1) is 23.8. The van der Waals surface area contributed by atoms with E-state index in [0.717, 1.165) is 22.4 Å². The fourth-order valence-corrected chi connectivity index (χ4v) is 3.84. The van der Waals surface area contributed by atoms with E-state index in [1.165, 1.54) is 0 Å². The van der Waals surface area contributed by atoms with Crippen LogP contribution in [0.15, 0.2) is 72.8 Å². The minimum atomic E-state index is -0.443. The maximum atomic E-state index is 13.2. The number of anilines is 2. The molecule has 3 aromatic carbocycles. The summed E-state index contributed by atoms with van der Waals surface area (Å²) in [6, 6.07) is 23.1. The van der Waals surface area contributed by atoms with E-state index in [-0.39, 0.29) is 11.8 Å². The monoisotopic (exact) mass is 464 g/mol. The van der Waals surface area contributed by atoms with Crippen molar-refractivity contribution < 1.29 is 9.59 Å². The summed E-state index contributed by atoms with van der Waals surface area (Å²) in [5.41, 5.74) is 11.8. The molecule has 6 nitrogen and oxygen atoms in total. The highest BCUT2D eigenvalue weighted by molar-refractivity contribution is 6.37. The summed E-state index contributed by atoms with van der Waals surface area (Å²) >= 11 is 0. The van der Waals surface area contributed by atoms with E-state index in [0.29, 0.717) is 29.1 Å². The molecule has 2 amide bonds. The van der Waals surface area contributed by atoms with Crippen LogP contribution < -0.4 is 21.7 Å². The molecule has 176 valence electrons. The number of hydrogen-bond acceptors (Lipinski definition) is 4. The number of carbonyl (C=O) groups is 2. The van der Waals surface area contributed by atoms with E-state index in [1.807, 2.05) is 87.5 Å². The van der Waals surface area contributed by atoms with Gasteiger partial charge >= 0.3 is 0 Å². The zero-order chi connectivity index (χ0) is 25.0. The molecule has 5 N–H and O–H groups in total. The molecule has 0 spiro atoms. The Labute approximate surface area is 205 Å². The highest BCUT2D eigenvalue weighted by Gasteiger charge is 2.28. The topological polar surface area (TPSA) is 96.2 Å². The van der Waals surface area contributed by atoms with Crippen molar-refractivity contribution in [3.63, 3.8) is 0 Å². The smallest absolute Gasteiger partial charge is 0.296 e. The fourth-order valence-electron chi connectivity index (χ4n) is 3.84. The third-order valence-electron chi connectivity index (χ3n) is 5.63. The molecule has 3 aromatic rings. The molecule has 0 aliphatic carbocycles. The van der Waals surface area contributed by atoms with Crippen LogP contribution in [0.4, 0.5) is 11.4 Å². The Morgan fingerprint density at radius 3 is 2.40 bits per heavy atom. The molecule has 0 radical (unpaired) electrons. The van der Waals surface area contributed by atoms with Crippen LogP contribution in [0.2, 0.25) is 0 Å². The number of hydrogen-bond donors (Lipinski definition) is 4. The number of rotatable bonds is 5. The van der Waals surface area contributed by atoms with Gasteiger partial charge in [-0.2, -0.15) is 0 Å². The predicted molar refractivity (Wildman–Crippen MR) is 141 cm³/mol. The van der Waals surface area contributed by atoms with Crippen LogP contribution in [0.25, 0.3) is 11.3 Å². The van der Waals surface area contributed by atoms with Gasteiger partial charge in [0.25, 0.3) is 11.8 Å². The average Bonchev–Trinajstić information content (AvgIpc) is 3.16. The van der Waals surface area contributed by atoms with Gasteiger partial charge in [0.05, 0.1) is 17.0 Å². The second kappa shape index (κ2) is 9.88. The lowest BCUT2D eigenvalue weighted by molar-refractivity contribution is -0.115. The molecule has 1 heterocycles. The number of nitrogens with one attached hydrogen (secondary N) is 3. The van der Waals surface area contributed by atoms with Crippen LogP contribution in [0, 0.1) is 11.8 Å². The van der Waals surface area contributed by atoms with Crippen LogP contribution in [0.1, 0.15) is 43.0 Å². The first-order chi connectivity index (χ1) is 16.8. The van der Waals surface area contributed by atoms with Crippen molar-refractivity contribution in [2.24, 2.45) is 5.73 Å². The summed E-state index contributed by atoms with van der Waals surface area (Å²) in [7, 11) is 0. The van der Waals surface area contributed by atoms with Gasteiger partial charge in [-0.05, 0) is 56.2 Å². The Bertz CT molecular complexity index is 1360. The Hall–Kier alpha value is -4.34. The van der Waals surface area contributed by atoms with Gasteiger partial charge in [0.2, 0.25) is 0 Å². The van der Waals surface area contributed by atoms with Crippen LogP contribution in [0.5, 0.6) is 0 Å². The summed E-state index contributed by atoms with van der Waals surface area (Å²) in [5, 5.41) is 9.04. The molecular formula is C29H28N4O2. The van der Waals surface area contributed by atoms with E-state index in [9.17, 15) is 9.59 Å². The van der Waals surface area contributed by atoms with Gasteiger partial charge in [-0.25, -0.2) is 0 Å². The van der Waals surface area contributed by atoms with Crippen LogP contribution >= 0.6 is 0 Å². The second-order valence-electron chi connectivity index (χ2n) is 8.86. The molecule has 0 unspecified atom stereocenters. The zero-order valence-electron chi connectivity index (χ0n) is 20.0. The summed E-state index contributed by atoms with van der Waals surface area (Å²) in [5.74, 6) is 4.87. The van der Waals surface area contributed by atoms with E-state index >= 15 is 0 Å². The normalized spacial score (nSPS) is 13.8. The molecule has 0 bridgehead atoms. The highest BCUT2D eigenvalue weighted by Crippen LogP contribution is 2.38. The van der Waals surface area contributed by atoms with E-state index < -0.39 is 5.54 Å². The van der Waals surface area contributed by atoms with Crippen molar-refractivity contribution in [3.05, 3.63) is 95.1 Å². The van der Waals surface area contributed by atoms with Crippen molar-refractivity contribution in [3.8, 4) is 11.8 Å². The van der Waals surface area contributed by atoms with E-state index in [1.54, 1.807) is 6.07 Å². The maximum Gasteiger partial charge on any atom is 0.296 e. The van der Waals surface area contributed by atoms with Crippen molar-refractivity contribution in [2.75, 3.05) is 17.2 Å². The van der Waals surface area contributed by atoms with Crippen LogP contribution in [-0.2, 0) is 15.1 Å². The number of benzene rings is 3. The fraction of sp³-hybridized carbons (Fsp3) is 0.172. The predicted octanol–water partition coefficient (Wildman–Crippen LogP) is 4.30. The summed E-state index contributed by atoms with van der Waals surface area (Å²) in [4.78, 5) is 24.8. The first-order valence-corrected chi connectivity index (χ1v) is 11.5. The van der Waals surface area contributed by atoms with Gasteiger partial charge in [-0.1, -0.05) is 54.5 Å². The molecule has 0 fully saturated rings. The molecule has 0 saturated carbocycles. The van der Waals surface area contributed by atoms with E-state index in [4.69, 9.17) is 5.73 Å². The minimum Gasteiger partial charge on any atom is -0.354 e. The maximum absolute atomic E-state index is 13.2. The van der Waals surface area contributed by atoms with Crippen LogP contribution in [-0.4, -0.2) is 18.4 Å². The zero-order valence-corrected chi connectivity index (χ0v) is 20.0. The number of fused-ring (bicyclic) bond motifs is 1. The lowest BCUT2D eigenvalue weighted by Gasteiger charge is -2.20. The van der Waals surface area contributed by atoms with Gasteiger partial charge in [0.1, 0.15) is 0 Å². The molecule has 1 aliphatic heterocycles. The van der Waals surface area contributed by atoms with Gasteiger partial charge in [-0.15, -0.1) is 0 Å². The number of amides is 2. The van der Waals surface area contributed by atoms with Crippen molar-refractivity contribution in [2.45, 2.75) is 26.3 Å². The van der Waals surface area contributed by atoms with E-state index in [2.05, 4.69) is 27.8 Å². The quantitative estimate of drug-likeness (QED) is 0.334. The van der Waals surface area contributed by atoms with Crippen molar-refractivity contribution in [1.29, 1.82) is 0 Å². The van der Waals surface area contributed by atoms with Crippen molar-refractivity contribution >= 4 is 34.5 Å². The molecule has 0 saturated heterocycles. The van der Waals surface area contributed by atoms with Gasteiger partial charge in [0.15, 0.2) is 0 Å². The summed E-state index contributed by atoms with van der Waals surface area (Å²) in [6.07, 6.45) is 0. The van der Waals surface area contributed by atoms with Crippen LogP contribution in [0.3, 0.4) is 0 Å². The largest absolute Gasteiger partial charge is 0.354 e. The van der Waals surface area contributed by atoms with Crippen molar-refractivity contribution in [1.82, 2.24) is 5.32 Å². The Kier molecular flexibility index (Phi) is 6.72. The second-order valence-corrected chi connectivity index (χ2v) is 8.86. The molecule has 6 heteroatoms. The summed E-state index contributed by atoms with van der Waals surface area (Å²) in [6.45, 7) is 6.27. The molecule has 1 aliphatic rings. The van der Waals surface area contributed by atoms with Gasteiger partial charge < -0.3 is 21.7 Å². The SMILES string of the molecule is CCNC(=O)C#Cc1ccc2c(c1)NC(=O)/C2=C(/Nc1ccc(C(C)(C)N)cc1)c1ccccc1. The Morgan fingerprint density at radius 1 is 1.03 bits per heavy atom. The molecule has 4 rings (SSSR count). The first-order valence-electron chi connectivity index (χ1n) is 11.5. The standard InChI is InChI=1S/C29H28N4O2/c1-4-31-25(34)17-11-19-10-16-23-24(18-19)33-28(35)26(23)27(20-8-6-5-7-9-20)32-22-14-12-21(13-15-22)29(2,3)30/h5-10,12-16,18,32H,4,30H2,1-3H3,(H,31,34)(H,33,35)/b27-26+. The third kappa shape index (κ3) is 5.43. The molecular weight excluding hydrogens is 436 g/mol. The minimum absolute atomic E-state index is 0.208. The van der Waals surface area contributed by atoms with Gasteiger partial charge in [0, 0.05) is 34.8 Å². The highest BCUT2D eigenvalue weighted by atomic mass is 16.2. The Balaban J connectivity index is 1.75. The molecule has 35 heavy (non-hydrogen) atoms. The summed E-state index contributed by atoms with van der Waals surface area (Å²) < 4.78 is 0. The number of nitrogens with two attached hydrogens (primary N) is 1. The lowest BCUT2D eigenvalue weighted by Crippen LogP contribution is -2.28. The molecule has 0 atom stereocenters. The third-order valence-corrected chi connectivity index (χ3v) is 5.63. The Morgan fingerprint density at radius 2 is 1.74 bits per heavy atom. The average molecular weight is 465 g/mol. The number of carbonyl (C=O) groups excluding carboxylic acids is 2. The molecule has 0 aromatic heterocycles. The lowest BCUT2D eigenvalue weighted by atomic mass is 9.95.